The lowest BCUT2D eigenvalue weighted by Crippen LogP contribution is -2.39. The molecule has 0 aromatic heterocycles. The Labute approximate surface area is 108 Å². The minimum atomic E-state index is -0.469. The number of rotatable bonds is 1. The summed E-state index contributed by atoms with van der Waals surface area (Å²) in [6, 6.07) is 10.2. The molecular weight excluding hydrogens is 224 g/mol. The zero-order valence-corrected chi connectivity index (χ0v) is 10.9. The van der Waals surface area contributed by atoms with Gasteiger partial charge in [0.1, 0.15) is 5.60 Å². The molecule has 0 N–H and O–H groups in total. The Morgan fingerprint density at radius 1 is 1.06 bits per heavy atom. The average Bonchev–Trinajstić information content (AvgIpc) is 2.64. The molecule has 0 amide bonds. The van der Waals surface area contributed by atoms with Crippen molar-refractivity contribution in [2.45, 2.75) is 56.7 Å². The molecule has 2 heteroatoms. The first-order valence-electron chi connectivity index (χ1n) is 6.94. The molecule has 2 nitrogen and oxygen atoms in total. The third kappa shape index (κ3) is 1.79. The Bertz CT molecular complexity index is 445. The summed E-state index contributed by atoms with van der Waals surface area (Å²) in [7, 11) is 0. The molecule has 1 aliphatic carbocycles. The van der Waals surface area contributed by atoms with Gasteiger partial charge in [0.2, 0.25) is 0 Å². The van der Waals surface area contributed by atoms with Gasteiger partial charge in [-0.05, 0) is 25.3 Å². The summed E-state index contributed by atoms with van der Waals surface area (Å²) in [6.45, 7) is 2.06. The van der Waals surface area contributed by atoms with E-state index in [4.69, 9.17) is 4.74 Å². The van der Waals surface area contributed by atoms with Crippen LogP contribution in [-0.4, -0.2) is 11.4 Å². The first-order valence-corrected chi connectivity index (χ1v) is 6.94. The molecule has 2 aliphatic rings. The van der Waals surface area contributed by atoms with Gasteiger partial charge in [0.25, 0.3) is 0 Å². The van der Waals surface area contributed by atoms with Crippen LogP contribution in [0.1, 0.15) is 51.0 Å². The maximum absolute atomic E-state index is 12.4. The summed E-state index contributed by atoms with van der Waals surface area (Å²) < 4.78 is 6.33. The normalized spacial score (nSPS) is 30.8. The van der Waals surface area contributed by atoms with Crippen molar-refractivity contribution in [3.8, 4) is 0 Å². The maximum Gasteiger partial charge on any atom is 0.167 e. The molecule has 1 spiro atoms. The van der Waals surface area contributed by atoms with Gasteiger partial charge in [0.05, 0.1) is 5.60 Å². The lowest BCUT2D eigenvalue weighted by Gasteiger charge is -2.34. The predicted molar refractivity (Wildman–Crippen MR) is 70.3 cm³/mol. The number of benzene rings is 1. The molecule has 3 rings (SSSR count). The Morgan fingerprint density at radius 2 is 1.72 bits per heavy atom. The minimum Gasteiger partial charge on any atom is -0.356 e. The fourth-order valence-electron chi connectivity index (χ4n) is 3.45. The standard InChI is InChI=1S/C16H20O2/c1-15(13-8-4-2-5-9-13)12-14(17)16(18-15)10-6-3-7-11-16/h2,4-5,8-9H,3,6-7,10-12H2,1H3/t15-/m0/s1. The van der Waals surface area contributed by atoms with Crippen molar-refractivity contribution in [1.82, 2.24) is 0 Å². The van der Waals surface area contributed by atoms with Crippen LogP contribution in [0.3, 0.4) is 0 Å². The van der Waals surface area contributed by atoms with Gasteiger partial charge in [-0.25, -0.2) is 0 Å². The first kappa shape index (κ1) is 11.9. The second kappa shape index (κ2) is 4.20. The van der Waals surface area contributed by atoms with E-state index in [0.717, 1.165) is 31.2 Å². The van der Waals surface area contributed by atoms with E-state index in [1.54, 1.807) is 0 Å². The number of hydrogen-bond donors (Lipinski definition) is 0. The van der Waals surface area contributed by atoms with E-state index >= 15 is 0 Å². The molecule has 1 aromatic rings. The van der Waals surface area contributed by atoms with E-state index in [-0.39, 0.29) is 0 Å². The van der Waals surface area contributed by atoms with E-state index in [0.29, 0.717) is 12.2 Å². The van der Waals surface area contributed by atoms with Crippen molar-refractivity contribution < 1.29 is 9.53 Å². The zero-order chi connectivity index (χ0) is 12.6. The van der Waals surface area contributed by atoms with Crippen LogP contribution in [0.15, 0.2) is 30.3 Å². The molecule has 1 atom stereocenters. The van der Waals surface area contributed by atoms with Gasteiger partial charge >= 0.3 is 0 Å². The topological polar surface area (TPSA) is 26.3 Å². The molecule has 0 bridgehead atoms. The van der Waals surface area contributed by atoms with Gasteiger partial charge in [-0.15, -0.1) is 0 Å². The van der Waals surface area contributed by atoms with Crippen LogP contribution in [0.5, 0.6) is 0 Å². The Hall–Kier alpha value is -1.15. The summed E-state index contributed by atoms with van der Waals surface area (Å²) in [5.41, 5.74) is 0.235. The SMILES string of the molecule is C[C@@]1(c2ccccc2)CC(=O)C2(CCCCC2)O1. The molecule has 1 saturated carbocycles. The molecular formula is C16H20O2. The average molecular weight is 244 g/mol. The molecule has 18 heavy (non-hydrogen) atoms. The molecule has 0 unspecified atom stereocenters. The summed E-state index contributed by atoms with van der Waals surface area (Å²) in [6.07, 6.45) is 5.83. The Morgan fingerprint density at radius 3 is 2.39 bits per heavy atom. The van der Waals surface area contributed by atoms with E-state index in [1.165, 1.54) is 6.42 Å². The van der Waals surface area contributed by atoms with Gasteiger partial charge in [-0.1, -0.05) is 49.6 Å². The first-order chi connectivity index (χ1) is 8.65. The number of carbonyl (C=O) groups is 1. The highest BCUT2D eigenvalue weighted by atomic mass is 16.5. The number of hydrogen-bond acceptors (Lipinski definition) is 2. The van der Waals surface area contributed by atoms with E-state index in [1.807, 2.05) is 18.2 Å². The quantitative estimate of drug-likeness (QED) is 0.754. The van der Waals surface area contributed by atoms with Crippen molar-refractivity contribution in [3.05, 3.63) is 35.9 Å². The molecule has 0 radical (unpaired) electrons. The summed E-state index contributed by atoms with van der Waals surface area (Å²) in [4.78, 5) is 12.4. The molecule has 96 valence electrons. The predicted octanol–water partition coefficient (Wildman–Crippen LogP) is 3.59. The van der Waals surface area contributed by atoms with Crippen LogP contribution >= 0.6 is 0 Å². The molecule has 1 aliphatic heterocycles. The van der Waals surface area contributed by atoms with Crippen molar-refractivity contribution in [2.24, 2.45) is 0 Å². The van der Waals surface area contributed by atoms with E-state index < -0.39 is 11.2 Å². The fraction of sp³-hybridized carbons (Fsp3) is 0.562. The number of ketones is 1. The van der Waals surface area contributed by atoms with Gasteiger partial charge in [0.15, 0.2) is 5.78 Å². The molecule has 1 saturated heterocycles. The summed E-state index contributed by atoms with van der Waals surface area (Å²) in [5, 5.41) is 0. The van der Waals surface area contributed by atoms with Crippen molar-refractivity contribution in [1.29, 1.82) is 0 Å². The Kier molecular flexibility index (Phi) is 2.78. The monoisotopic (exact) mass is 244 g/mol. The van der Waals surface area contributed by atoms with Crippen LogP contribution < -0.4 is 0 Å². The number of ether oxygens (including phenoxy) is 1. The minimum absolute atomic E-state index is 0.313. The summed E-state index contributed by atoms with van der Waals surface area (Å²) >= 11 is 0. The van der Waals surface area contributed by atoms with Crippen LogP contribution in [0.25, 0.3) is 0 Å². The number of carbonyl (C=O) groups excluding carboxylic acids is 1. The van der Waals surface area contributed by atoms with Crippen LogP contribution in [0, 0.1) is 0 Å². The van der Waals surface area contributed by atoms with Crippen molar-refractivity contribution >= 4 is 5.78 Å². The van der Waals surface area contributed by atoms with Crippen molar-refractivity contribution in [2.75, 3.05) is 0 Å². The lowest BCUT2D eigenvalue weighted by atomic mass is 9.81. The molecule has 1 heterocycles. The second-order valence-electron chi connectivity index (χ2n) is 5.85. The highest BCUT2D eigenvalue weighted by molar-refractivity contribution is 5.90. The van der Waals surface area contributed by atoms with Crippen LogP contribution in [0.4, 0.5) is 0 Å². The maximum atomic E-state index is 12.4. The van der Waals surface area contributed by atoms with Gasteiger partial charge in [-0.2, -0.15) is 0 Å². The third-order valence-electron chi connectivity index (χ3n) is 4.47. The Balaban J connectivity index is 1.91. The largest absolute Gasteiger partial charge is 0.356 e. The molecule has 1 aromatic carbocycles. The highest BCUT2D eigenvalue weighted by Crippen LogP contribution is 2.48. The molecule has 2 fully saturated rings. The third-order valence-corrected chi connectivity index (χ3v) is 4.47. The second-order valence-corrected chi connectivity index (χ2v) is 5.85. The van der Waals surface area contributed by atoms with Crippen LogP contribution in [0.2, 0.25) is 0 Å². The van der Waals surface area contributed by atoms with Gasteiger partial charge < -0.3 is 4.74 Å². The number of Topliss-reactive ketones (excluding diaryl/α,β-unsaturated/α-hetero) is 1. The van der Waals surface area contributed by atoms with Crippen molar-refractivity contribution in [3.63, 3.8) is 0 Å². The lowest BCUT2D eigenvalue weighted by molar-refractivity contribution is -0.146. The van der Waals surface area contributed by atoms with E-state index in [9.17, 15) is 4.79 Å². The van der Waals surface area contributed by atoms with Gasteiger partial charge in [0, 0.05) is 6.42 Å². The van der Waals surface area contributed by atoms with Crippen LogP contribution in [-0.2, 0) is 15.1 Å². The summed E-state index contributed by atoms with van der Waals surface area (Å²) in [5.74, 6) is 0.313. The highest BCUT2D eigenvalue weighted by Gasteiger charge is 2.53. The van der Waals surface area contributed by atoms with Gasteiger partial charge in [-0.3, -0.25) is 4.79 Å². The smallest absolute Gasteiger partial charge is 0.167 e. The van der Waals surface area contributed by atoms with E-state index in [2.05, 4.69) is 19.1 Å². The fourth-order valence-corrected chi connectivity index (χ4v) is 3.45. The zero-order valence-electron chi connectivity index (χ0n) is 10.9.